The molecule has 0 heterocycles. The zero-order valence-corrected chi connectivity index (χ0v) is 17.8. The Morgan fingerprint density at radius 2 is 1.38 bits per heavy atom. The van der Waals surface area contributed by atoms with Crippen molar-refractivity contribution in [2.24, 2.45) is 11.8 Å². The summed E-state index contributed by atoms with van der Waals surface area (Å²) in [5, 5.41) is 6.08. The van der Waals surface area contributed by atoms with Crippen LogP contribution in [-0.2, 0) is 9.59 Å². The third-order valence-electron chi connectivity index (χ3n) is 5.76. The van der Waals surface area contributed by atoms with Crippen LogP contribution in [0.15, 0.2) is 42.5 Å². The summed E-state index contributed by atoms with van der Waals surface area (Å²) in [6, 6.07) is 13.9. The lowest BCUT2D eigenvalue weighted by molar-refractivity contribution is -0.125. The minimum Gasteiger partial charge on any atom is -0.378 e. The summed E-state index contributed by atoms with van der Waals surface area (Å²) in [4.78, 5) is 27.3. The first-order valence-electron chi connectivity index (χ1n) is 10.3. The van der Waals surface area contributed by atoms with Crippen molar-refractivity contribution in [3.63, 3.8) is 0 Å². The number of carbonyl (C=O) groups excluding carboxylic acids is 2. The fourth-order valence-electron chi connectivity index (χ4n) is 3.89. The van der Waals surface area contributed by atoms with E-state index >= 15 is 0 Å². The van der Waals surface area contributed by atoms with Crippen molar-refractivity contribution in [1.82, 2.24) is 0 Å². The second-order valence-electron chi connectivity index (χ2n) is 8.29. The molecular weight excluding hydrogens is 362 g/mol. The molecule has 5 heteroatoms. The highest BCUT2D eigenvalue weighted by Crippen LogP contribution is 2.31. The van der Waals surface area contributed by atoms with Crippen molar-refractivity contribution in [3.05, 3.63) is 53.6 Å². The van der Waals surface area contributed by atoms with Gasteiger partial charge in [0.05, 0.1) is 0 Å². The molecule has 0 radical (unpaired) electrons. The van der Waals surface area contributed by atoms with Gasteiger partial charge in [-0.15, -0.1) is 0 Å². The fraction of sp³-hybridized carbons (Fsp3) is 0.417. The highest BCUT2D eigenvalue weighted by molar-refractivity contribution is 5.95. The van der Waals surface area contributed by atoms with Crippen LogP contribution in [0.4, 0.5) is 17.1 Å². The molecule has 1 aliphatic rings. The number of nitrogens with zero attached hydrogens (tertiary/aromatic N) is 1. The fourth-order valence-corrected chi connectivity index (χ4v) is 3.89. The average Bonchev–Trinajstić information content (AvgIpc) is 2.70. The van der Waals surface area contributed by atoms with Crippen LogP contribution in [0.2, 0.25) is 0 Å². The summed E-state index contributed by atoms with van der Waals surface area (Å²) in [6.07, 6.45) is 2.97. The average molecular weight is 394 g/mol. The van der Waals surface area contributed by atoms with Gasteiger partial charge in [-0.2, -0.15) is 0 Å². The van der Waals surface area contributed by atoms with Gasteiger partial charge in [-0.05, 0) is 75.4 Å². The molecule has 3 rings (SSSR count). The highest BCUT2D eigenvalue weighted by atomic mass is 16.2. The number of benzene rings is 2. The molecule has 2 amide bonds. The predicted octanol–water partition coefficient (Wildman–Crippen LogP) is 4.75. The molecule has 2 N–H and O–H groups in total. The number of aryl methyl sites for hydroxylation is 2. The molecule has 29 heavy (non-hydrogen) atoms. The lowest BCUT2D eigenvalue weighted by atomic mass is 9.81. The summed E-state index contributed by atoms with van der Waals surface area (Å²) >= 11 is 0. The van der Waals surface area contributed by atoms with E-state index in [1.165, 1.54) is 5.56 Å². The first-order valence-corrected chi connectivity index (χ1v) is 10.3. The normalized spacial score (nSPS) is 18.8. The van der Waals surface area contributed by atoms with Crippen LogP contribution >= 0.6 is 0 Å². The van der Waals surface area contributed by atoms with E-state index in [0.29, 0.717) is 0 Å². The van der Waals surface area contributed by atoms with Crippen LogP contribution in [0.3, 0.4) is 0 Å². The monoisotopic (exact) mass is 393 g/mol. The molecule has 0 aromatic heterocycles. The third-order valence-corrected chi connectivity index (χ3v) is 5.76. The van der Waals surface area contributed by atoms with E-state index in [1.807, 2.05) is 69.2 Å². The van der Waals surface area contributed by atoms with Crippen molar-refractivity contribution in [1.29, 1.82) is 0 Å². The van der Waals surface area contributed by atoms with Crippen LogP contribution in [0.25, 0.3) is 0 Å². The van der Waals surface area contributed by atoms with Gasteiger partial charge < -0.3 is 15.5 Å². The minimum atomic E-state index is -0.0336. The zero-order valence-electron chi connectivity index (χ0n) is 17.8. The van der Waals surface area contributed by atoms with E-state index in [1.54, 1.807) is 0 Å². The maximum atomic E-state index is 12.6. The van der Waals surface area contributed by atoms with Crippen LogP contribution in [0, 0.1) is 25.7 Å². The molecule has 5 nitrogen and oxygen atoms in total. The topological polar surface area (TPSA) is 61.4 Å². The summed E-state index contributed by atoms with van der Waals surface area (Å²) in [7, 11) is 3.98. The number of hydrogen-bond donors (Lipinski definition) is 2. The quantitative estimate of drug-likeness (QED) is 0.770. The van der Waals surface area contributed by atoms with Gasteiger partial charge in [-0.1, -0.05) is 17.7 Å². The van der Waals surface area contributed by atoms with Crippen molar-refractivity contribution in [2.75, 3.05) is 29.6 Å². The van der Waals surface area contributed by atoms with Crippen molar-refractivity contribution >= 4 is 28.9 Å². The third kappa shape index (κ3) is 5.37. The second-order valence-corrected chi connectivity index (χ2v) is 8.29. The number of anilines is 3. The molecule has 1 aliphatic carbocycles. The van der Waals surface area contributed by atoms with Gasteiger partial charge in [0, 0.05) is 43.0 Å². The van der Waals surface area contributed by atoms with Crippen molar-refractivity contribution in [3.8, 4) is 0 Å². The van der Waals surface area contributed by atoms with Crippen LogP contribution in [0.1, 0.15) is 36.8 Å². The minimum absolute atomic E-state index is 0.0286. The van der Waals surface area contributed by atoms with E-state index in [9.17, 15) is 9.59 Å². The van der Waals surface area contributed by atoms with Gasteiger partial charge in [-0.3, -0.25) is 9.59 Å². The number of nitrogens with one attached hydrogen (secondary N) is 2. The molecule has 1 fully saturated rings. The number of hydrogen-bond acceptors (Lipinski definition) is 3. The van der Waals surface area contributed by atoms with Gasteiger partial charge in [0.1, 0.15) is 0 Å². The Hall–Kier alpha value is -2.82. The van der Waals surface area contributed by atoms with Gasteiger partial charge in [0.25, 0.3) is 0 Å². The maximum absolute atomic E-state index is 12.6. The zero-order chi connectivity index (χ0) is 21.0. The van der Waals surface area contributed by atoms with E-state index < -0.39 is 0 Å². The van der Waals surface area contributed by atoms with Gasteiger partial charge in [-0.25, -0.2) is 0 Å². The molecule has 0 spiro atoms. The van der Waals surface area contributed by atoms with E-state index in [0.717, 1.165) is 48.3 Å². The Labute approximate surface area is 173 Å². The van der Waals surface area contributed by atoms with E-state index in [2.05, 4.69) is 16.7 Å². The first-order chi connectivity index (χ1) is 13.8. The van der Waals surface area contributed by atoms with Gasteiger partial charge in [0.2, 0.25) is 11.8 Å². The number of carbonyl (C=O) groups is 2. The molecule has 154 valence electrons. The Morgan fingerprint density at radius 3 is 1.90 bits per heavy atom. The smallest absolute Gasteiger partial charge is 0.227 e. The predicted molar refractivity (Wildman–Crippen MR) is 119 cm³/mol. The molecule has 0 aliphatic heterocycles. The lowest BCUT2D eigenvalue weighted by Crippen LogP contribution is -2.32. The standard InChI is InChI=1S/C24H31N3O2/c1-16-5-14-22(17(2)15-16)26-24(29)19-8-6-18(7-9-19)23(28)25-20-10-12-21(13-11-20)27(3)4/h5,10-15,18-19H,6-9H2,1-4H3,(H,25,28)(H,26,29). The van der Waals surface area contributed by atoms with Crippen LogP contribution in [-0.4, -0.2) is 25.9 Å². The lowest BCUT2D eigenvalue weighted by Gasteiger charge is -2.27. The Balaban J connectivity index is 1.50. The molecule has 2 aromatic carbocycles. The van der Waals surface area contributed by atoms with Crippen LogP contribution in [0.5, 0.6) is 0 Å². The largest absolute Gasteiger partial charge is 0.378 e. The maximum Gasteiger partial charge on any atom is 0.227 e. The molecule has 0 atom stereocenters. The first kappa shape index (κ1) is 20.9. The summed E-state index contributed by atoms with van der Waals surface area (Å²) in [5.41, 5.74) is 5.05. The molecule has 2 aromatic rings. The van der Waals surface area contributed by atoms with Crippen molar-refractivity contribution in [2.45, 2.75) is 39.5 Å². The summed E-state index contributed by atoms with van der Waals surface area (Å²) < 4.78 is 0. The van der Waals surface area contributed by atoms with Crippen LogP contribution < -0.4 is 15.5 Å². The Kier molecular flexibility index (Phi) is 6.57. The SMILES string of the molecule is Cc1ccc(NC(=O)C2CCC(C(=O)Nc3ccc(N(C)C)cc3)CC2)c(C)c1. The second kappa shape index (κ2) is 9.12. The van der Waals surface area contributed by atoms with Gasteiger partial charge >= 0.3 is 0 Å². The molecule has 0 unspecified atom stereocenters. The van der Waals surface area contributed by atoms with Gasteiger partial charge in [0.15, 0.2) is 0 Å². The number of rotatable bonds is 5. The van der Waals surface area contributed by atoms with E-state index in [4.69, 9.17) is 0 Å². The Bertz CT molecular complexity index is 866. The molecular formula is C24H31N3O2. The molecule has 1 saturated carbocycles. The number of amides is 2. The molecule has 0 bridgehead atoms. The summed E-state index contributed by atoms with van der Waals surface area (Å²) in [6.45, 7) is 4.05. The van der Waals surface area contributed by atoms with E-state index in [-0.39, 0.29) is 23.7 Å². The Morgan fingerprint density at radius 1 is 0.828 bits per heavy atom. The summed E-state index contributed by atoms with van der Waals surface area (Å²) in [5.74, 6) is 0.0544. The van der Waals surface area contributed by atoms with Crippen molar-refractivity contribution < 1.29 is 9.59 Å². The molecule has 0 saturated heterocycles. The highest BCUT2D eigenvalue weighted by Gasteiger charge is 2.30.